The van der Waals surface area contributed by atoms with E-state index in [0.717, 1.165) is 30.1 Å². The maximum Gasteiger partial charge on any atom is 0.281 e. The molecular formula is C18H27N3O4S2. The van der Waals surface area contributed by atoms with Gasteiger partial charge in [-0.2, -0.15) is 17.0 Å². The van der Waals surface area contributed by atoms with Crippen LogP contribution in [-0.2, 0) is 14.9 Å². The van der Waals surface area contributed by atoms with Crippen LogP contribution in [0, 0.1) is 0 Å². The summed E-state index contributed by atoms with van der Waals surface area (Å²) in [5, 5.41) is 0. The van der Waals surface area contributed by atoms with E-state index < -0.39 is 10.2 Å². The Morgan fingerprint density at radius 3 is 2.56 bits per heavy atom. The second kappa shape index (κ2) is 8.91. The minimum absolute atomic E-state index is 0.0349. The van der Waals surface area contributed by atoms with Crippen LogP contribution in [0.2, 0.25) is 0 Å². The number of nitrogens with zero attached hydrogens (tertiary/aromatic N) is 3. The number of ether oxygens (including phenoxy) is 1. The van der Waals surface area contributed by atoms with Crippen molar-refractivity contribution in [1.82, 2.24) is 13.5 Å². The third kappa shape index (κ3) is 4.83. The van der Waals surface area contributed by atoms with Gasteiger partial charge < -0.3 is 9.64 Å². The summed E-state index contributed by atoms with van der Waals surface area (Å²) in [4.78, 5) is 15.7. The zero-order valence-electron chi connectivity index (χ0n) is 15.8. The molecular weight excluding hydrogens is 386 g/mol. The molecule has 27 heavy (non-hydrogen) atoms. The molecule has 1 aromatic carbocycles. The quantitative estimate of drug-likeness (QED) is 0.662. The van der Waals surface area contributed by atoms with E-state index in [-0.39, 0.29) is 12.0 Å². The van der Waals surface area contributed by atoms with Gasteiger partial charge in [-0.25, -0.2) is 0 Å². The van der Waals surface area contributed by atoms with Crippen LogP contribution in [-0.4, -0.2) is 86.6 Å². The normalized spacial score (nSPS) is 21.7. The van der Waals surface area contributed by atoms with Gasteiger partial charge in [-0.05, 0) is 25.0 Å². The molecule has 0 unspecified atom stereocenters. The second-order valence-corrected chi connectivity index (χ2v) is 10.1. The van der Waals surface area contributed by atoms with Gasteiger partial charge >= 0.3 is 0 Å². The molecule has 0 bridgehead atoms. The molecule has 2 fully saturated rings. The summed E-state index contributed by atoms with van der Waals surface area (Å²) in [6, 6.07) is 7.63. The average Bonchev–Trinajstić information content (AvgIpc) is 3.19. The van der Waals surface area contributed by atoms with E-state index in [0.29, 0.717) is 31.7 Å². The lowest BCUT2D eigenvalue weighted by atomic mass is 10.2. The van der Waals surface area contributed by atoms with Crippen molar-refractivity contribution in [2.75, 3.05) is 52.6 Å². The average molecular weight is 414 g/mol. The zero-order valence-corrected chi connectivity index (χ0v) is 17.5. The topological polar surface area (TPSA) is 70.2 Å². The molecule has 150 valence electrons. The SMILES string of the molecule is CN(C)S(=O)(=O)N1CCN(C(=O)c2ccccc2SC[C@@H]2CCCO2)CC1. The van der Waals surface area contributed by atoms with Gasteiger partial charge in [-0.15, -0.1) is 11.8 Å². The maximum absolute atomic E-state index is 13.0. The van der Waals surface area contributed by atoms with Gasteiger partial charge in [-0.1, -0.05) is 12.1 Å². The van der Waals surface area contributed by atoms with Crippen molar-refractivity contribution in [2.24, 2.45) is 0 Å². The third-order valence-electron chi connectivity index (χ3n) is 4.88. The first-order chi connectivity index (χ1) is 12.9. The molecule has 2 aliphatic heterocycles. The summed E-state index contributed by atoms with van der Waals surface area (Å²) in [5.74, 6) is 0.812. The van der Waals surface area contributed by atoms with Crippen LogP contribution < -0.4 is 0 Å². The van der Waals surface area contributed by atoms with Gasteiger partial charge in [0.1, 0.15) is 0 Å². The van der Waals surface area contributed by atoms with Gasteiger partial charge in [0, 0.05) is 57.5 Å². The van der Waals surface area contributed by atoms with E-state index in [4.69, 9.17) is 4.74 Å². The van der Waals surface area contributed by atoms with Crippen LogP contribution in [0.25, 0.3) is 0 Å². The molecule has 2 aliphatic rings. The minimum atomic E-state index is -3.43. The molecule has 0 radical (unpaired) electrons. The van der Waals surface area contributed by atoms with Crippen LogP contribution in [0.15, 0.2) is 29.2 Å². The highest BCUT2D eigenvalue weighted by Crippen LogP contribution is 2.28. The number of hydrogen-bond acceptors (Lipinski definition) is 5. The summed E-state index contributed by atoms with van der Waals surface area (Å²) >= 11 is 1.66. The molecule has 0 aliphatic carbocycles. The van der Waals surface area contributed by atoms with Crippen LogP contribution >= 0.6 is 11.8 Å². The summed E-state index contributed by atoms with van der Waals surface area (Å²) in [6.07, 6.45) is 2.44. The van der Waals surface area contributed by atoms with E-state index in [9.17, 15) is 13.2 Å². The van der Waals surface area contributed by atoms with E-state index >= 15 is 0 Å². The molecule has 7 nitrogen and oxygen atoms in total. The first-order valence-corrected chi connectivity index (χ1v) is 11.6. The molecule has 1 atom stereocenters. The van der Waals surface area contributed by atoms with E-state index in [1.54, 1.807) is 16.7 Å². The number of rotatable bonds is 6. The van der Waals surface area contributed by atoms with E-state index in [1.165, 1.54) is 22.7 Å². The van der Waals surface area contributed by atoms with Crippen molar-refractivity contribution in [1.29, 1.82) is 0 Å². The second-order valence-electron chi connectivity index (χ2n) is 6.92. The molecule has 0 spiro atoms. The van der Waals surface area contributed by atoms with Gasteiger partial charge in [0.25, 0.3) is 16.1 Å². The highest BCUT2D eigenvalue weighted by atomic mass is 32.2. The molecule has 0 saturated carbocycles. The molecule has 1 amide bonds. The van der Waals surface area contributed by atoms with Crippen molar-refractivity contribution in [3.05, 3.63) is 29.8 Å². The van der Waals surface area contributed by atoms with Gasteiger partial charge in [0.15, 0.2) is 0 Å². The number of amides is 1. The Morgan fingerprint density at radius 2 is 1.93 bits per heavy atom. The van der Waals surface area contributed by atoms with E-state index in [2.05, 4.69) is 0 Å². The maximum atomic E-state index is 13.0. The lowest BCUT2D eigenvalue weighted by Crippen LogP contribution is -2.53. The fraction of sp³-hybridized carbons (Fsp3) is 0.611. The first kappa shape index (κ1) is 20.6. The number of hydrogen-bond donors (Lipinski definition) is 0. The summed E-state index contributed by atoms with van der Waals surface area (Å²) in [5.41, 5.74) is 0.685. The molecule has 3 rings (SSSR count). The Kier molecular flexibility index (Phi) is 6.80. The molecule has 2 saturated heterocycles. The Bertz CT molecular complexity index is 756. The smallest absolute Gasteiger partial charge is 0.281 e. The Labute approximate surface area is 165 Å². The monoisotopic (exact) mass is 413 g/mol. The summed E-state index contributed by atoms with van der Waals surface area (Å²) in [7, 11) is -0.385. The predicted molar refractivity (Wildman–Crippen MR) is 106 cm³/mol. The highest BCUT2D eigenvalue weighted by Gasteiger charge is 2.31. The lowest BCUT2D eigenvalue weighted by Gasteiger charge is -2.35. The predicted octanol–water partition coefficient (Wildman–Crippen LogP) is 1.52. The lowest BCUT2D eigenvalue weighted by molar-refractivity contribution is 0.0691. The van der Waals surface area contributed by atoms with Crippen molar-refractivity contribution < 1.29 is 17.9 Å². The van der Waals surface area contributed by atoms with Crippen LogP contribution in [0.5, 0.6) is 0 Å². The van der Waals surface area contributed by atoms with Crippen LogP contribution in [0.1, 0.15) is 23.2 Å². The van der Waals surface area contributed by atoms with Crippen LogP contribution in [0.4, 0.5) is 0 Å². The summed E-state index contributed by atoms with van der Waals surface area (Å²) < 4.78 is 32.8. The molecule has 9 heteroatoms. The molecule has 0 aromatic heterocycles. The van der Waals surface area contributed by atoms with Gasteiger partial charge in [-0.3, -0.25) is 4.79 Å². The number of benzene rings is 1. The van der Waals surface area contributed by atoms with Crippen molar-refractivity contribution >= 4 is 27.9 Å². The first-order valence-electron chi connectivity index (χ1n) is 9.20. The van der Waals surface area contributed by atoms with Crippen molar-refractivity contribution in [3.8, 4) is 0 Å². The Hall–Kier alpha value is -1.13. The largest absolute Gasteiger partial charge is 0.377 e. The van der Waals surface area contributed by atoms with E-state index in [1.807, 2.05) is 24.3 Å². The third-order valence-corrected chi connectivity index (χ3v) is 8.03. The standard InChI is InChI=1S/C18H27N3O4S2/c1-19(2)27(23,24)21-11-9-20(10-12-21)18(22)16-7-3-4-8-17(16)26-14-15-6-5-13-25-15/h3-4,7-8,15H,5-6,9-14H2,1-2H3/t15-/m0/s1. The zero-order chi connectivity index (χ0) is 19.4. The number of carbonyl (C=O) groups is 1. The molecule has 0 N–H and O–H groups in total. The number of thioether (sulfide) groups is 1. The molecule has 1 aromatic rings. The highest BCUT2D eigenvalue weighted by molar-refractivity contribution is 7.99. The summed E-state index contributed by atoms with van der Waals surface area (Å²) in [6.45, 7) is 2.26. The van der Waals surface area contributed by atoms with Crippen LogP contribution in [0.3, 0.4) is 0 Å². The number of carbonyl (C=O) groups excluding carboxylic acids is 1. The fourth-order valence-corrected chi connectivity index (χ4v) is 5.45. The Balaban J connectivity index is 1.63. The number of piperazine rings is 1. The minimum Gasteiger partial charge on any atom is -0.377 e. The van der Waals surface area contributed by atoms with Gasteiger partial charge in [0.2, 0.25) is 0 Å². The Morgan fingerprint density at radius 1 is 1.22 bits per heavy atom. The fourth-order valence-electron chi connectivity index (χ4n) is 3.25. The van der Waals surface area contributed by atoms with Gasteiger partial charge in [0.05, 0.1) is 11.7 Å². The molecule has 2 heterocycles. The van der Waals surface area contributed by atoms with Crippen molar-refractivity contribution in [3.63, 3.8) is 0 Å². The van der Waals surface area contributed by atoms with Crippen molar-refractivity contribution in [2.45, 2.75) is 23.8 Å².